The second kappa shape index (κ2) is 8.24. The maximum Gasteiger partial charge on any atom is 0.354 e. The average molecular weight is 293 g/mol. The highest BCUT2D eigenvalue weighted by molar-refractivity contribution is 5.85. The molecule has 1 aromatic heterocycles. The Bertz CT molecular complexity index is 472. The molecule has 2 amide bonds. The number of hydrogen-bond acceptors (Lipinski definition) is 3. The molecule has 1 rings (SSSR count). The minimum Gasteiger partial charge on any atom is -0.477 e. The van der Waals surface area contributed by atoms with Gasteiger partial charge in [0.15, 0.2) is 0 Å². The summed E-state index contributed by atoms with van der Waals surface area (Å²) >= 11 is 0. The summed E-state index contributed by atoms with van der Waals surface area (Å²) < 4.78 is 0. The van der Waals surface area contributed by atoms with Gasteiger partial charge in [-0.3, -0.25) is 0 Å². The predicted molar refractivity (Wildman–Crippen MR) is 80.1 cm³/mol. The maximum absolute atomic E-state index is 11.7. The third-order valence-electron chi connectivity index (χ3n) is 3.05. The molecule has 1 heterocycles. The number of aromatic nitrogens is 1. The van der Waals surface area contributed by atoms with Gasteiger partial charge in [-0.15, -0.1) is 0 Å². The molecule has 0 aliphatic rings. The standard InChI is InChI=1S/C15H23N3O3/c1-10(2)4-5-11(3)18-15(21)17-9-12-6-7-13(14(19)20)16-8-12/h6-8,10-11H,4-5,9H2,1-3H3,(H,19,20)(H2,17,18,21). The zero-order valence-corrected chi connectivity index (χ0v) is 12.7. The van der Waals surface area contributed by atoms with Crippen LogP contribution in [0.1, 0.15) is 49.7 Å². The smallest absolute Gasteiger partial charge is 0.354 e. The van der Waals surface area contributed by atoms with Crippen LogP contribution in [0.25, 0.3) is 0 Å². The molecule has 0 aliphatic carbocycles. The van der Waals surface area contributed by atoms with Crippen molar-refractivity contribution in [1.29, 1.82) is 0 Å². The summed E-state index contributed by atoms with van der Waals surface area (Å²) in [5.74, 6) is -0.442. The van der Waals surface area contributed by atoms with E-state index in [-0.39, 0.29) is 17.8 Å². The van der Waals surface area contributed by atoms with Crippen molar-refractivity contribution in [2.45, 2.75) is 46.2 Å². The number of nitrogens with zero attached hydrogens (tertiary/aromatic N) is 1. The van der Waals surface area contributed by atoms with E-state index in [1.54, 1.807) is 6.07 Å². The van der Waals surface area contributed by atoms with Crippen LogP contribution in [0.2, 0.25) is 0 Å². The van der Waals surface area contributed by atoms with E-state index < -0.39 is 5.97 Å². The van der Waals surface area contributed by atoms with Gasteiger partial charge in [-0.25, -0.2) is 14.6 Å². The number of urea groups is 1. The second-order valence-corrected chi connectivity index (χ2v) is 5.56. The molecule has 3 N–H and O–H groups in total. The first-order chi connectivity index (χ1) is 9.88. The Balaban J connectivity index is 2.34. The molecule has 0 fully saturated rings. The number of nitrogens with one attached hydrogen (secondary N) is 2. The molecule has 0 saturated carbocycles. The molecule has 1 atom stereocenters. The largest absolute Gasteiger partial charge is 0.477 e. The Morgan fingerprint density at radius 3 is 2.48 bits per heavy atom. The fourth-order valence-corrected chi connectivity index (χ4v) is 1.77. The topological polar surface area (TPSA) is 91.3 Å². The van der Waals surface area contributed by atoms with Gasteiger partial charge in [-0.05, 0) is 37.3 Å². The molecule has 0 aromatic carbocycles. The number of carbonyl (C=O) groups excluding carboxylic acids is 1. The Kier molecular flexibility index (Phi) is 6.65. The van der Waals surface area contributed by atoms with E-state index in [0.29, 0.717) is 12.5 Å². The fourth-order valence-electron chi connectivity index (χ4n) is 1.77. The van der Waals surface area contributed by atoms with Crippen molar-refractivity contribution in [3.63, 3.8) is 0 Å². The van der Waals surface area contributed by atoms with Crippen LogP contribution in [0, 0.1) is 5.92 Å². The molecule has 1 aromatic rings. The lowest BCUT2D eigenvalue weighted by Crippen LogP contribution is -2.40. The summed E-state index contributed by atoms with van der Waals surface area (Å²) in [6, 6.07) is 2.95. The van der Waals surface area contributed by atoms with Crippen molar-refractivity contribution in [3.8, 4) is 0 Å². The van der Waals surface area contributed by atoms with E-state index in [0.717, 1.165) is 18.4 Å². The van der Waals surface area contributed by atoms with Crippen molar-refractivity contribution in [2.24, 2.45) is 5.92 Å². The molecule has 0 aliphatic heterocycles. The second-order valence-electron chi connectivity index (χ2n) is 5.56. The number of rotatable bonds is 7. The number of pyridine rings is 1. The number of aromatic carboxylic acids is 1. The average Bonchev–Trinajstić information content (AvgIpc) is 2.43. The van der Waals surface area contributed by atoms with Gasteiger partial charge in [0, 0.05) is 18.8 Å². The van der Waals surface area contributed by atoms with Gasteiger partial charge in [-0.1, -0.05) is 19.9 Å². The van der Waals surface area contributed by atoms with Crippen LogP contribution in [0.3, 0.4) is 0 Å². The van der Waals surface area contributed by atoms with Gasteiger partial charge >= 0.3 is 12.0 Å². The number of hydrogen-bond donors (Lipinski definition) is 3. The highest BCUT2D eigenvalue weighted by atomic mass is 16.4. The van der Waals surface area contributed by atoms with Crippen molar-refractivity contribution in [2.75, 3.05) is 0 Å². The lowest BCUT2D eigenvalue weighted by molar-refractivity contribution is 0.0690. The van der Waals surface area contributed by atoms with Crippen LogP contribution in [0.4, 0.5) is 4.79 Å². The van der Waals surface area contributed by atoms with E-state index in [1.807, 2.05) is 6.92 Å². The number of carbonyl (C=O) groups is 2. The summed E-state index contributed by atoms with van der Waals surface area (Å²) in [4.78, 5) is 26.2. The fraction of sp³-hybridized carbons (Fsp3) is 0.533. The predicted octanol–water partition coefficient (Wildman–Crippen LogP) is 2.40. The highest BCUT2D eigenvalue weighted by Gasteiger charge is 2.08. The molecule has 0 bridgehead atoms. The van der Waals surface area contributed by atoms with Crippen molar-refractivity contribution in [3.05, 3.63) is 29.6 Å². The van der Waals surface area contributed by atoms with Crippen LogP contribution < -0.4 is 10.6 Å². The van der Waals surface area contributed by atoms with Crippen LogP contribution in [0.5, 0.6) is 0 Å². The Morgan fingerprint density at radius 1 is 1.24 bits per heavy atom. The lowest BCUT2D eigenvalue weighted by atomic mass is 10.0. The summed E-state index contributed by atoms with van der Waals surface area (Å²) in [5, 5.41) is 14.3. The molecule has 0 spiro atoms. The van der Waals surface area contributed by atoms with E-state index >= 15 is 0 Å². The van der Waals surface area contributed by atoms with Crippen LogP contribution in [-0.2, 0) is 6.54 Å². The first kappa shape index (κ1) is 16.9. The van der Waals surface area contributed by atoms with E-state index in [2.05, 4.69) is 29.5 Å². The maximum atomic E-state index is 11.7. The van der Waals surface area contributed by atoms with E-state index in [4.69, 9.17) is 5.11 Å². The van der Waals surface area contributed by atoms with E-state index in [9.17, 15) is 9.59 Å². The summed E-state index contributed by atoms with van der Waals surface area (Å²) in [5.41, 5.74) is 0.746. The van der Waals surface area contributed by atoms with Crippen LogP contribution >= 0.6 is 0 Å². The SMILES string of the molecule is CC(C)CCC(C)NC(=O)NCc1ccc(C(=O)O)nc1. The molecule has 6 nitrogen and oxygen atoms in total. The minimum absolute atomic E-state index is 0.00879. The van der Waals surface area contributed by atoms with Gasteiger partial charge in [0.25, 0.3) is 0 Å². The third-order valence-corrected chi connectivity index (χ3v) is 3.05. The van der Waals surface area contributed by atoms with Crippen molar-refractivity contribution >= 4 is 12.0 Å². The molecule has 21 heavy (non-hydrogen) atoms. The van der Waals surface area contributed by atoms with E-state index in [1.165, 1.54) is 12.3 Å². The molecule has 0 radical (unpaired) electrons. The van der Waals surface area contributed by atoms with Gasteiger partial charge in [0.05, 0.1) is 0 Å². The van der Waals surface area contributed by atoms with Crippen LogP contribution in [-0.4, -0.2) is 28.1 Å². The molecule has 0 saturated heterocycles. The molecular formula is C15H23N3O3. The Labute approximate surface area is 125 Å². The molecular weight excluding hydrogens is 270 g/mol. The first-order valence-electron chi connectivity index (χ1n) is 7.11. The lowest BCUT2D eigenvalue weighted by Gasteiger charge is -2.15. The summed E-state index contributed by atoms with van der Waals surface area (Å²) in [7, 11) is 0. The number of amides is 2. The van der Waals surface area contributed by atoms with Crippen LogP contribution in [0.15, 0.2) is 18.3 Å². The first-order valence-corrected chi connectivity index (χ1v) is 7.11. The quantitative estimate of drug-likeness (QED) is 0.720. The summed E-state index contributed by atoms with van der Waals surface area (Å²) in [6.07, 6.45) is 3.47. The monoisotopic (exact) mass is 293 g/mol. The molecule has 116 valence electrons. The number of carboxylic acid groups (broad SMARTS) is 1. The Morgan fingerprint density at radius 2 is 1.95 bits per heavy atom. The Hall–Kier alpha value is -2.11. The molecule has 1 unspecified atom stereocenters. The van der Waals surface area contributed by atoms with Gasteiger partial charge in [0.2, 0.25) is 0 Å². The summed E-state index contributed by atoms with van der Waals surface area (Å²) in [6.45, 7) is 6.60. The van der Waals surface area contributed by atoms with Gasteiger partial charge < -0.3 is 15.7 Å². The van der Waals surface area contributed by atoms with Crippen molar-refractivity contribution in [1.82, 2.24) is 15.6 Å². The third kappa shape index (κ3) is 6.74. The normalized spacial score (nSPS) is 12.0. The highest BCUT2D eigenvalue weighted by Crippen LogP contribution is 2.06. The van der Waals surface area contributed by atoms with Crippen molar-refractivity contribution < 1.29 is 14.7 Å². The zero-order valence-electron chi connectivity index (χ0n) is 12.7. The molecule has 6 heteroatoms. The minimum atomic E-state index is -1.06. The van der Waals surface area contributed by atoms with Gasteiger partial charge in [0.1, 0.15) is 5.69 Å². The van der Waals surface area contributed by atoms with Gasteiger partial charge in [-0.2, -0.15) is 0 Å². The number of carboxylic acids is 1. The zero-order chi connectivity index (χ0) is 15.8.